The third-order valence-electron chi connectivity index (χ3n) is 6.75. The Balaban J connectivity index is 1.34. The molecule has 174 valence electrons. The average molecular weight is 462 g/mol. The van der Waals surface area contributed by atoms with Crippen LogP contribution in [-0.4, -0.2) is 60.0 Å². The van der Waals surface area contributed by atoms with Crippen LogP contribution in [0.25, 0.3) is 0 Å². The lowest BCUT2D eigenvalue weighted by atomic mass is 9.82. The van der Waals surface area contributed by atoms with Crippen molar-refractivity contribution >= 4 is 29.2 Å². The summed E-state index contributed by atoms with van der Waals surface area (Å²) in [6.07, 6.45) is 6.15. The number of anilines is 1. The van der Waals surface area contributed by atoms with Crippen molar-refractivity contribution in [2.75, 3.05) is 5.32 Å². The highest BCUT2D eigenvalue weighted by atomic mass is 32.1. The molecule has 2 fully saturated rings. The van der Waals surface area contributed by atoms with Crippen molar-refractivity contribution < 1.29 is 19.8 Å². The number of thiazole rings is 1. The van der Waals surface area contributed by atoms with Gasteiger partial charge in [0, 0.05) is 40.8 Å². The molecule has 2 amide bonds. The first kappa shape index (κ1) is 22.7. The maximum absolute atomic E-state index is 12.3. The first-order chi connectivity index (χ1) is 15.2. The van der Waals surface area contributed by atoms with Gasteiger partial charge >= 0.3 is 6.09 Å². The van der Waals surface area contributed by atoms with E-state index in [4.69, 9.17) is 0 Å². The third-order valence-corrected chi connectivity index (χ3v) is 7.67. The summed E-state index contributed by atoms with van der Waals surface area (Å²) in [6, 6.07) is 1.77. The van der Waals surface area contributed by atoms with Crippen molar-refractivity contribution in [1.82, 2.24) is 20.1 Å². The molecule has 4 N–H and O–H groups in total. The van der Waals surface area contributed by atoms with Crippen LogP contribution in [-0.2, 0) is 11.2 Å². The summed E-state index contributed by atoms with van der Waals surface area (Å²) in [6.45, 7) is 3.73. The Morgan fingerprint density at radius 2 is 2.03 bits per heavy atom. The van der Waals surface area contributed by atoms with Crippen molar-refractivity contribution in [1.29, 1.82) is 0 Å². The molecule has 0 bridgehead atoms. The van der Waals surface area contributed by atoms with Crippen LogP contribution in [0.4, 0.5) is 10.6 Å². The number of carbonyl (C=O) groups is 2. The van der Waals surface area contributed by atoms with Crippen LogP contribution >= 0.6 is 11.3 Å². The molecule has 32 heavy (non-hydrogen) atoms. The number of hydrogen-bond acceptors (Lipinski definition) is 6. The molecule has 2 atom stereocenters. The Hall–Kier alpha value is -2.46. The number of amides is 2. The summed E-state index contributed by atoms with van der Waals surface area (Å²) < 4.78 is 0. The van der Waals surface area contributed by atoms with E-state index in [0.29, 0.717) is 31.5 Å². The van der Waals surface area contributed by atoms with E-state index < -0.39 is 11.7 Å². The number of aryl methyl sites for hydroxylation is 1. The lowest BCUT2D eigenvalue weighted by Crippen LogP contribution is -2.49. The Morgan fingerprint density at radius 3 is 2.69 bits per heavy atom. The lowest BCUT2D eigenvalue weighted by molar-refractivity contribution is -0.115. The fraction of sp³-hybridized carbons (Fsp3) is 0.636. The number of aliphatic hydroxyl groups is 1. The molecule has 9 nitrogen and oxygen atoms in total. The van der Waals surface area contributed by atoms with Crippen LogP contribution in [0.15, 0.2) is 12.3 Å². The topological polar surface area (TPSA) is 131 Å². The average Bonchev–Trinajstić information content (AvgIpc) is 3.45. The number of aromatic nitrogens is 3. The van der Waals surface area contributed by atoms with Gasteiger partial charge in [-0.1, -0.05) is 0 Å². The molecule has 2 saturated carbocycles. The van der Waals surface area contributed by atoms with Crippen molar-refractivity contribution in [3.8, 4) is 0 Å². The number of aromatic amines is 1. The SMILES string of the molecule is Cc1ncc(CC(=O)Nc2cc([C@@H]3CC[C@H](N(C(=O)O)C4CCC(C)(O)CC4)C3)[nH]n2)s1. The minimum absolute atomic E-state index is 0.0385. The molecule has 0 radical (unpaired) electrons. The highest BCUT2D eigenvalue weighted by Crippen LogP contribution is 2.40. The molecule has 2 aliphatic rings. The van der Waals surface area contributed by atoms with Crippen molar-refractivity contribution in [2.24, 2.45) is 0 Å². The molecule has 0 spiro atoms. The molecular weight excluding hydrogens is 430 g/mol. The van der Waals surface area contributed by atoms with E-state index in [1.165, 1.54) is 11.3 Å². The summed E-state index contributed by atoms with van der Waals surface area (Å²) in [5, 5.41) is 31.1. The van der Waals surface area contributed by atoms with Gasteiger partial charge < -0.3 is 20.4 Å². The maximum atomic E-state index is 12.3. The quantitative estimate of drug-likeness (QED) is 0.519. The first-order valence-corrected chi connectivity index (χ1v) is 12.0. The zero-order valence-corrected chi connectivity index (χ0v) is 19.3. The van der Waals surface area contributed by atoms with E-state index in [2.05, 4.69) is 20.5 Å². The summed E-state index contributed by atoms with van der Waals surface area (Å²) in [4.78, 5) is 31.0. The Kier molecular flexibility index (Phi) is 6.52. The summed E-state index contributed by atoms with van der Waals surface area (Å²) in [5.41, 5.74) is 0.238. The Bertz CT molecular complexity index is 961. The number of carbonyl (C=O) groups excluding carboxylic acids is 1. The second kappa shape index (κ2) is 9.19. The second-order valence-electron chi connectivity index (χ2n) is 9.36. The number of H-pyrrole nitrogens is 1. The minimum atomic E-state index is -0.877. The van der Waals surface area contributed by atoms with Gasteiger partial charge in [0.2, 0.25) is 5.91 Å². The normalized spacial score (nSPS) is 27.9. The number of nitrogens with one attached hydrogen (secondary N) is 2. The predicted molar refractivity (Wildman–Crippen MR) is 121 cm³/mol. The Morgan fingerprint density at radius 1 is 1.28 bits per heavy atom. The number of carboxylic acid groups (broad SMARTS) is 1. The standard InChI is InChI=1S/C22H31N5O4S/c1-13-23-12-17(32-13)10-20(28)24-19-11-18(25-26-19)14-3-4-16(9-14)27(21(29)30)15-5-7-22(2,31)8-6-15/h11-12,14-16,31H,3-10H2,1-2H3,(H,29,30)(H2,24,25,26,28)/t14-,15?,16+,22?/m1/s1. The zero-order chi connectivity index (χ0) is 22.9. The molecule has 2 aromatic rings. The molecule has 0 unspecified atom stereocenters. The summed E-state index contributed by atoms with van der Waals surface area (Å²) in [5.74, 6) is 0.524. The minimum Gasteiger partial charge on any atom is -0.465 e. The van der Waals surface area contributed by atoms with Gasteiger partial charge in [0.15, 0.2) is 5.82 Å². The van der Waals surface area contributed by atoms with Crippen molar-refractivity contribution in [2.45, 2.75) is 88.8 Å². The van der Waals surface area contributed by atoms with E-state index >= 15 is 0 Å². The van der Waals surface area contributed by atoms with E-state index in [0.717, 1.165) is 34.8 Å². The fourth-order valence-corrected chi connectivity index (χ4v) is 5.84. The van der Waals surface area contributed by atoms with Gasteiger partial charge in [0.1, 0.15) is 0 Å². The number of nitrogens with zero attached hydrogens (tertiary/aromatic N) is 3. The van der Waals surface area contributed by atoms with E-state index in [1.54, 1.807) is 11.1 Å². The predicted octanol–water partition coefficient (Wildman–Crippen LogP) is 3.67. The first-order valence-electron chi connectivity index (χ1n) is 11.2. The van der Waals surface area contributed by atoms with Gasteiger partial charge in [-0.15, -0.1) is 11.3 Å². The van der Waals surface area contributed by atoms with Gasteiger partial charge in [-0.3, -0.25) is 9.89 Å². The molecule has 0 aliphatic heterocycles. The van der Waals surface area contributed by atoms with Gasteiger partial charge in [-0.2, -0.15) is 5.10 Å². The molecule has 10 heteroatoms. The molecule has 2 heterocycles. The zero-order valence-electron chi connectivity index (χ0n) is 18.5. The summed E-state index contributed by atoms with van der Waals surface area (Å²) in [7, 11) is 0. The number of hydrogen-bond donors (Lipinski definition) is 4. The van der Waals surface area contributed by atoms with Crippen LogP contribution in [0.3, 0.4) is 0 Å². The van der Waals surface area contributed by atoms with Crippen LogP contribution in [0.5, 0.6) is 0 Å². The molecule has 2 aliphatic carbocycles. The maximum Gasteiger partial charge on any atom is 0.407 e. The van der Waals surface area contributed by atoms with E-state index in [1.807, 2.05) is 19.9 Å². The van der Waals surface area contributed by atoms with Crippen molar-refractivity contribution in [3.05, 3.63) is 27.8 Å². The smallest absolute Gasteiger partial charge is 0.407 e. The van der Waals surface area contributed by atoms with Crippen LogP contribution < -0.4 is 5.32 Å². The van der Waals surface area contributed by atoms with Crippen LogP contribution in [0.2, 0.25) is 0 Å². The van der Waals surface area contributed by atoms with Crippen LogP contribution in [0, 0.1) is 6.92 Å². The van der Waals surface area contributed by atoms with E-state index in [-0.39, 0.29) is 30.3 Å². The fourth-order valence-electron chi connectivity index (χ4n) is 5.05. The monoisotopic (exact) mass is 461 g/mol. The molecule has 4 rings (SSSR count). The summed E-state index contributed by atoms with van der Waals surface area (Å²) >= 11 is 1.50. The Labute approximate surface area is 191 Å². The largest absolute Gasteiger partial charge is 0.465 e. The lowest BCUT2D eigenvalue weighted by Gasteiger charge is -2.40. The van der Waals surface area contributed by atoms with Crippen LogP contribution in [0.1, 0.15) is 73.4 Å². The van der Waals surface area contributed by atoms with Gasteiger partial charge in [0.05, 0.1) is 17.0 Å². The van der Waals surface area contributed by atoms with Gasteiger partial charge in [-0.05, 0) is 58.8 Å². The number of rotatable bonds is 6. The molecular formula is C22H31N5O4S. The second-order valence-corrected chi connectivity index (χ2v) is 10.7. The van der Waals surface area contributed by atoms with Gasteiger partial charge in [0.25, 0.3) is 0 Å². The molecule has 0 aromatic carbocycles. The molecule has 2 aromatic heterocycles. The highest BCUT2D eigenvalue weighted by Gasteiger charge is 2.40. The molecule has 0 saturated heterocycles. The highest BCUT2D eigenvalue weighted by molar-refractivity contribution is 7.11. The van der Waals surface area contributed by atoms with E-state index in [9.17, 15) is 19.8 Å². The van der Waals surface area contributed by atoms with Crippen molar-refractivity contribution in [3.63, 3.8) is 0 Å². The van der Waals surface area contributed by atoms with Gasteiger partial charge in [-0.25, -0.2) is 9.78 Å². The third kappa shape index (κ3) is 5.29.